The Morgan fingerprint density at radius 2 is 2.14 bits per heavy atom. The molecule has 0 amide bonds. The lowest BCUT2D eigenvalue weighted by Gasteiger charge is -2.20. The van der Waals surface area contributed by atoms with E-state index < -0.39 is 10.0 Å². The van der Waals surface area contributed by atoms with E-state index in [1.165, 1.54) is 24.2 Å². The number of nitrogens with zero attached hydrogens (tertiary/aromatic N) is 1. The summed E-state index contributed by atoms with van der Waals surface area (Å²) >= 11 is 7.31. The summed E-state index contributed by atoms with van der Waals surface area (Å²) < 4.78 is 27.4. The van der Waals surface area contributed by atoms with E-state index in [0.29, 0.717) is 29.8 Å². The Balaban J connectivity index is 2.17. The van der Waals surface area contributed by atoms with Crippen LogP contribution >= 0.6 is 22.9 Å². The van der Waals surface area contributed by atoms with Crippen molar-refractivity contribution in [1.82, 2.24) is 4.31 Å². The van der Waals surface area contributed by atoms with Gasteiger partial charge >= 0.3 is 0 Å². The summed E-state index contributed by atoms with van der Waals surface area (Å²) in [5.41, 5.74) is 0. The summed E-state index contributed by atoms with van der Waals surface area (Å²) in [6, 6.07) is 1.75. The van der Waals surface area contributed by atoms with Crippen LogP contribution < -0.4 is 0 Å². The second kappa shape index (κ2) is 7.44. The fraction of sp³-hybridized carbons (Fsp3) is 0.733. The van der Waals surface area contributed by atoms with Crippen LogP contribution in [0.15, 0.2) is 11.0 Å². The zero-order chi connectivity index (χ0) is 15.5. The molecule has 120 valence electrons. The summed E-state index contributed by atoms with van der Waals surface area (Å²) in [7, 11) is -3.36. The van der Waals surface area contributed by atoms with Crippen molar-refractivity contribution in [3.05, 3.63) is 15.8 Å². The smallest absolute Gasteiger partial charge is 0.207 e. The summed E-state index contributed by atoms with van der Waals surface area (Å²) in [5.74, 6) is 1.05. The highest BCUT2D eigenvalue weighted by molar-refractivity contribution is 7.89. The van der Waals surface area contributed by atoms with Crippen LogP contribution in [0.25, 0.3) is 0 Å². The van der Waals surface area contributed by atoms with Gasteiger partial charge in [-0.2, -0.15) is 4.31 Å². The Labute approximate surface area is 137 Å². The van der Waals surface area contributed by atoms with Crippen LogP contribution in [-0.4, -0.2) is 25.8 Å². The first-order chi connectivity index (χ1) is 9.98. The molecular formula is C15H24ClNO2S2. The van der Waals surface area contributed by atoms with Crippen LogP contribution in [-0.2, 0) is 15.9 Å². The SMILES string of the molecule is CCCC1CCCN(S(=O)(=O)c2cc(CCl)sc2C)CC1. The summed E-state index contributed by atoms with van der Waals surface area (Å²) in [4.78, 5) is 2.23. The Kier molecular flexibility index (Phi) is 6.12. The normalized spacial score (nSPS) is 21.4. The van der Waals surface area contributed by atoms with E-state index in [1.54, 1.807) is 10.4 Å². The molecule has 1 aromatic heterocycles. The maximum Gasteiger partial charge on any atom is 0.244 e. The number of hydrogen-bond acceptors (Lipinski definition) is 3. The van der Waals surface area contributed by atoms with Gasteiger partial charge in [0.2, 0.25) is 10.0 Å². The number of aryl methyl sites for hydroxylation is 1. The lowest BCUT2D eigenvalue weighted by atomic mass is 9.96. The minimum Gasteiger partial charge on any atom is -0.207 e. The average Bonchev–Trinajstić information content (AvgIpc) is 2.68. The highest BCUT2D eigenvalue weighted by atomic mass is 35.5. The summed E-state index contributed by atoms with van der Waals surface area (Å²) in [5, 5.41) is 0. The molecule has 0 aliphatic carbocycles. The molecule has 21 heavy (non-hydrogen) atoms. The summed E-state index contributed by atoms with van der Waals surface area (Å²) in [6.45, 7) is 5.36. The molecule has 1 atom stereocenters. The molecule has 2 heterocycles. The third-order valence-corrected chi connectivity index (χ3v) is 7.83. The molecule has 6 heteroatoms. The molecule has 1 aliphatic rings. The first-order valence-electron chi connectivity index (χ1n) is 7.64. The maximum absolute atomic E-state index is 12.8. The third-order valence-electron chi connectivity index (χ3n) is 4.18. The van der Waals surface area contributed by atoms with Gasteiger partial charge in [-0.05, 0) is 38.2 Å². The number of rotatable bonds is 5. The molecule has 1 saturated heterocycles. The molecule has 0 spiro atoms. The van der Waals surface area contributed by atoms with Crippen LogP contribution in [0.2, 0.25) is 0 Å². The van der Waals surface area contributed by atoms with Crippen LogP contribution in [0.3, 0.4) is 0 Å². The molecule has 1 unspecified atom stereocenters. The molecule has 3 nitrogen and oxygen atoms in total. The minimum atomic E-state index is -3.36. The highest BCUT2D eigenvalue weighted by Crippen LogP contribution is 2.31. The van der Waals surface area contributed by atoms with E-state index in [-0.39, 0.29) is 0 Å². The van der Waals surface area contributed by atoms with Crippen molar-refractivity contribution in [2.75, 3.05) is 13.1 Å². The van der Waals surface area contributed by atoms with Gasteiger partial charge in [0.1, 0.15) is 0 Å². The third kappa shape index (κ3) is 4.01. The van der Waals surface area contributed by atoms with E-state index in [2.05, 4.69) is 6.92 Å². The van der Waals surface area contributed by atoms with Gasteiger partial charge in [-0.1, -0.05) is 19.8 Å². The Hall–Kier alpha value is -0.100. The predicted octanol–water partition coefficient (Wildman–Crippen LogP) is 4.39. The molecule has 1 fully saturated rings. The molecule has 0 aromatic carbocycles. The van der Waals surface area contributed by atoms with Gasteiger partial charge in [0.05, 0.1) is 10.8 Å². The topological polar surface area (TPSA) is 37.4 Å². The van der Waals surface area contributed by atoms with Gasteiger partial charge in [-0.25, -0.2) is 8.42 Å². The quantitative estimate of drug-likeness (QED) is 0.739. The van der Waals surface area contributed by atoms with Gasteiger partial charge in [0.25, 0.3) is 0 Å². The number of sulfonamides is 1. The standard InChI is InChI=1S/C15H24ClNO2S2/c1-3-5-13-6-4-8-17(9-7-13)21(18,19)15-10-14(11-16)20-12(15)2/h10,13H,3-9,11H2,1-2H3. The number of thiophene rings is 1. The lowest BCUT2D eigenvalue weighted by molar-refractivity contribution is 0.400. The zero-order valence-corrected chi connectivity index (χ0v) is 15.2. The molecule has 0 N–H and O–H groups in total. The van der Waals surface area contributed by atoms with Crippen molar-refractivity contribution in [3.63, 3.8) is 0 Å². The number of hydrogen-bond donors (Lipinski definition) is 0. The maximum atomic E-state index is 12.8. The molecule has 0 bridgehead atoms. The Morgan fingerprint density at radius 1 is 1.38 bits per heavy atom. The molecule has 0 saturated carbocycles. The van der Waals surface area contributed by atoms with Crippen molar-refractivity contribution < 1.29 is 8.42 Å². The Bertz CT molecular complexity index is 568. The van der Waals surface area contributed by atoms with Crippen LogP contribution in [0.1, 0.15) is 48.8 Å². The van der Waals surface area contributed by atoms with E-state index in [0.717, 1.165) is 29.0 Å². The van der Waals surface area contributed by atoms with E-state index in [1.807, 2.05) is 6.92 Å². The monoisotopic (exact) mass is 349 g/mol. The number of halogens is 1. The predicted molar refractivity (Wildman–Crippen MR) is 89.6 cm³/mol. The largest absolute Gasteiger partial charge is 0.244 e. The Morgan fingerprint density at radius 3 is 2.76 bits per heavy atom. The van der Waals surface area contributed by atoms with Crippen molar-refractivity contribution >= 4 is 33.0 Å². The second-order valence-corrected chi connectivity index (χ2v) is 9.27. The van der Waals surface area contributed by atoms with Crippen molar-refractivity contribution in [2.45, 2.75) is 56.7 Å². The molecule has 1 aromatic rings. The highest BCUT2D eigenvalue weighted by Gasteiger charge is 2.29. The van der Waals surface area contributed by atoms with Crippen LogP contribution in [0, 0.1) is 12.8 Å². The summed E-state index contributed by atoms with van der Waals surface area (Å²) in [6.07, 6.45) is 5.49. The van der Waals surface area contributed by atoms with Crippen LogP contribution in [0.5, 0.6) is 0 Å². The first-order valence-corrected chi connectivity index (χ1v) is 10.4. The molecular weight excluding hydrogens is 326 g/mol. The van der Waals surface area contributed by atoms with Crippen LogP contribution in [0.4, 0.5) is 0 Å². The molecule has 0 radical (unpaired) electrons. The number of alkyl halides is 1. The van der Waals surface area contributed by atoms with Crippen molar-refractivity contribution in [3.8, 4) is 0 Å². The lowest BCUT2D eigenvalue weighted by Crippen LogP contribution is -2.32. The zero-order valence-electron chi connectivity index (χ0n) is 12.8. The van der Waals surface area contributed by atoms with Gasteiger partial charge < -0.3 is 0 Å². The minimum absolute atomic E-state index is 0.375. The van der Waals surface area contributed by atoms with Gasteiger partial charge in [0.15, 0.2) is 0 Å². The van der Waals surface area contributed by atoms with Crippen molar-refractivity contribution in [1.29, 1.82) is 0 Å². The fourth-order valence-corrected chi connectivity index (χ4v) is 6.25. The van der Waals surface area contributed by atoms with Crippen molar-refractivity contribution in [2.24, 2.45) is 5.92 Å². The van der Waals surface area contributed by atoms with E-state index in [9.17, 15) is 8.42 Å². The van der Waals surface area contributed by atoms with E-state index in [4.69, 9.17) is 11.6 Å². The van der Waals surface area contributed by atoms with Gasteiger partial charge in [-0.15, -0.1) is 22.9 Å². The second-order valence-electron chi connectivity index (χ2n) is 5.76. The molecule has 1 aliphatic heterocycles. The van der Waals surface area contributed by atoms with Gasteiger partial charge in [-0.3, -0.25) is 0 Å². The van der Waals surface area contributed by atoms with Gasteiger partial charge in [0, 0.05) is 22.8 Å². The van der Waals surface area contributed by atoms with E-state index >= 15 is 0 Å². The average molecular weight is 350 g/mol. The molecule has 2 rings (SSSR count). The fourth-order valence-electron chi connectivity index (χ4n) is 3.06. The first kappa shape index (κ1) is 17.3.